The molecule has 0 spiro atoms. The zero-order valence-electron chi connectivity index (χ0n) is 10.9. The lowest BCUT2D eigenvalue weighted by atomic mass is 10.3. The quantitative estimate of drug-likeness (QED) is 0.830. The van der Waals surface area contributed by atoms with Gasteiger partial charge in [-0.3, -0.25) is 4.79 Å². The second-order valence-electron chi connectivity index (χ2n) is 3.82. The van der Waals surface area contributed by atoms with Crippen LogP contribution in [0.1, 0.15) is 41.2 Å². The molecular formula is C14H19NO2S. The highest BCUT2D eigenvalue weighted by Gasteiger charge is 2.14. The topological polar surface area (TPSA) is 40.5 Å². The van der Waals surface area contributed by atoms with Gasteiger partial charge in [-0.2, -0.15) is 0 Å². The van der Waals surface area contributed by atoms with E-state index >= 15 is 0 Å². The lowest BCUT2D eigenvalue weighted by Gasteiger charge is -2.18. The molecule has 3 nitrogen and oxygen atoms in total. The Labute approximate surface area is 112 Å². The van der Waals surface area contributed by atoms with E-state index in [9.17, 15) is 4.79 Å². The SMILES string of the molecule is CCCN(CC)C(=O)c1ccc(C#CCCO)s1. The minimum Gasteiger partial charge on any atom is -0.395 e. The summed E-state index contributed by atoms with van der Waals surface area (Å²) < 4.78 is 0. The van der Waals surface area contributed by atoms with Crippen molar-refractivity contribution in [2.75, 3.05) is 19.7 Å². The van der Waals surface area contributed by atoms with Gasteiger partial charge in [0.1, 0.15) is 0 Å². The molecule has 1 aromatic heterocycles. The molecule has 1 aromatic rings. The minimum absolute atomic E-state index is 0.0737. The molecule has 0 aliphatic heterocycles. The average molecular weight is 265 g/mol. The van der Waals surface area contributed by atoms with Crippen LogP contribution in [0.25, 0.3) is 0 Å². The molecular weight excluding hydrogens is 246 g/mol. The lowest BCUT2D eigenvalue weighted by Crippen LogP contribution is -2.30. The van der Waals surface area contributed by atoms with E-state index in [-0.39, 0.29) is 12.5 Å². The highest BCUT2D eigenvalue weighted by molar-refractivity contribution is 7.14. The largest absolute Gasteiger partial charge is 0.395 e. The summed E-state index contributed by atoms with van der Waals surface area (Å²) in [6.45, 7) is 5.65. The molecule has 0 radical (unpaired) electrons. The zero-order valence-corrected chi connectivity index (χ0v) is 11.7. The minimum atomic E-state index is 0.0737. The molecule has 4 heteroatoms. The van der Waals surface area contributed by atoms with Gasteiger partial charge in [-0.1, -0.05) is 18.8 Å². The van der Waals surface area contributed by atoms with E-state index in [1.54, 1.807) is 0 Å². The molecule has 0 atom stereocenters. The van der Waals surface area contributed by atoms with Gasteiger partial charge in [-0.05, 0) is 25.5 Å². The van der Waals surface area contributed by atoms with Crippen LogP contribution in [0.4, 0.5) is 0 Å². The Morgan fingerprint density at radius 3 is 2.83 bits per heavy atom. The van der Waals surface area contributed by atoms with Crippen molar-refractivity contribution in [2.45, 2.75) is 26.7 Å². The van der Waals surface area contributed by atoms with Gasteiger partial charge in [0.25, 0.3) is 5.91 Å². The number of hydrogen-bond donors (Lipinski definition) is 1. The summed E-state index contributed by atoms with van der Waals surface area (Å²) in [6.07, 6.45) is 1.44. The van der Waals surface area contributed by atoms with E-state index in [0.717, 1.165) is 29.3 Å². The first-order valence-corrected chi connectivity index (χ1v) is 7.03. The number of rotatable bonds is 5. The average Bonchev–Trinajstić information content (AvgIpc) is 2.84. The van der Waals surface area contributed by atoms with Crippen LogP contribution in [0.15, 0.2) is 12.1 Å². The van der Waals surface area contributed by atoms with E-state index in [1.165, 1.54) is 11.3 Å². The Morgan fingerprint density at radius 2 is 2.22 bits per heavy atom. The van der Waals surface area contributed by atoms with Crippen LogP contribution in [0.5, 0.6) is 0 Å². The van der Waals surface area contributed by atoms with Gasteiger partial charge >= 0.3 is 0 Å². The first-order valence-electron chi connectivity index (χ1n) is 6.21. The molecule has 0 aromatic carbocycles. The second-order valence-corrected chi connectivity index (χ2v) is 4.91. The number of aliphatic hydroxyl groups is 1. The van der Waals surface area contributed by atoms with E-state index < -0.39 is 0 Å². The van der Waals surface area contributed by atoms with Crippen molar-refractivity contribution in [1.82, 2.24) is 4.90 Å². The molecule has 0 saturated heterocycles. The monoisotopic (exact) mass is 265 g/mol. The van der Waals surface area contributed by atoms with Crippen LogP contribution in [-0.2, 0) is 0 Å². The van der Waals surface area contributed by atoms with Crippen molar-refractivity contribution in [3.63, 3.8) is 0 Å². The third kappa shape index (κ3) is 4.17. The fourth-order valence-corrected chi connectivity index (χ4v) is 2.40. The van der Waals surface area contributed by atoms with Crippen molar-refractivity contribution in [3.05, 3.63) is 21.9 Å². The second kappa shape index (κ2) is 7.91. The summed E-state index contributed by atoms with van der Waals surface area (Å²) in [5.74, 6) is 5.89. The highest BCUT2D eigenvalue weighted by Crippen LogP contribution is 2.17. The Morgan fingerprint density at radius 1 is 1.44 bits per heavy atom. The van der Waals surface area contributed by atoms with Gasteiger partial charge in [0.05, 0.1) is 16.4 Å². The summed E-state index contributed by atoms with van der Waals surface area (Å²) in [5, 5.41) is 8.64. The van der Waals surface area contributed by atoms with Gasteiger partial charge in [0.2, 0.25) is 0 Å². The summed E-state index contributed by atoms with van der Waals surface area (Å²) >= 11 is 1.41. The van der Waals surface area contributed by atoms with Crippen LogP contribution in [-0.4, -0.2) is 35.6 Å². The lowest BCUT2D eigenvalue weighted by molar-refractivity contribution is 0.0769. The van der Waals surface area contributed by atoms with Crippen molar-refractivity contribution in [1.29, 1.82) is 0 Å². The van der Waals surface area contributed by atoms with E-state index in [0.29, 0.717) is 6.42 Å². The van der Waals surface area contributed by atoms with E-state index in [1.807, 2.05) is 24.0 Å². The first kappa shape index (κ1) is 14.7. The zero-order chi connectivity index (χ0) is 13.4. The molecule has 0 bridgehead atoms. The molecule has 18 heavy (non-hydrogen) atoms. The first-order chi connectivity index (χ1) is 8.72. The van der Waals surface area contributed by atoms with Crippen LogP contribution >= 0.6 is 11.3 Å². The molecule has 0 unspecified atom stereocenters. The Kier molecular flexibility index (Phi) is 6.48. The molecule has 1 N–H and O–H groups in total. The smallest absolute Gasteiger partial charge is 0.263 e. The third-order valence-corrected chi connectivity index (χ3v) is 3.42. The summed E-state index contributed by atoms with van der Waals surface area (Å²) in [4.78, 5) is 15.6. The van der Waals surface area contributed by atoms with Gasteiger partial charge in [0, 0.05) is 19.5 Å². The Hall–Kier alpha value is -1.31. The third-order valence-electron chi connectivity index (χ3n) is 2.43. The number of thiophene rings is 1. The van der Waals surface area contributed by atoms with Gasteiger partial charge < -0.3 is 10.0 Å². The molecule has 0 fully saturated rings. The molecule has 1 heterocycles. The number of carbonyl (C=O) groups is 1. The Bertz CT molecular complexity index is 442. The van der Waals surface area contributed by atoms with Crippen molar-refractivity contribution in [2.24, 2.45) is 0 Å². The predicted molar refractivity (Wildman–Crippen MR) is 74.8 cm³/mol. The fraction of sp³-hybridized carbons (Fsp3) is 0.500. The maximum absolute atomic E-state index is 12.2. The summed E-state index contributed by atoms with van der Waals surface area (Å²) in [7, 11) is 0. The summed E-state index contributed by atoms with van der Waals surface area (Å²) in [5.41, 5.74) is 0. The van der Waals surface area contributed by atoms with E-state index in [2.05, 4.69) is 18.8 Å². The van der Waals surface area contributed by atoms with E-state index in [4.69, 9.17) is 5.11 Å². The molecule has 0 saturated carbocycles. The van der Waals surface area contributed by atoms with Crippen molar-refractivity contribution in [3.8, 4) is 11.8 Å². The highest BCUT2D eigenvalue weighted by atomic mass is 32.1. The molecule has 1 amide bonds. The fourth-order valence-electron chi connectivity index (χ4n) is 1.55. The number of carbonyl (C=O) groups excluding carboxylic acids is 1. The standard InChI is InChI=1S/C14H19NO2S/c1-3-10-15(4-2)14(17)13-9-8-12(18-13)7-5-6-11-16/h8-9,16H,3-4,6,10-11H2,1-2H3. The van der Waals surface area contributed by atoms with Crippen LogP contribution < -0.4 is 0 Å². The van der Waals surface area contributed by atoms with Gasteiger partial charge in [0.15, 0.2) is 0 Å². The van der Waals surface area contributed by atoms with Crippen molar-refractivity contribution < 1.29 is 9.90 Å². The molecule has 0 aliphatic carbocycles. The predicted octanol–water partition coefficient (Wildman–Crippen LogP) is 2.35. The maximum atomic E-state index is 12.2. The van der Waals surface area contributed by atoms with Crippen LogP contribution in [0.3, 0.4) is 0 Å². The molecule has 0 aliphatic rings. The molecule has 98 valence electrons. The number of nitrogens with zero attached hydrogens (tertiary/aromatic N) is 1. The van der Waals surface area contributed by atoms with Gasteiger partial charge in [-0.25, -0.2) is 0 Å². The van der Waals surface area contributed by atoms with Gasteiger partial charge in [-0.15, -0.1) is 11.3 Å². The normalized spacial score (nSPS) is 9.72. The number of aliphatic hydroxyl groups excluding tert-OH is 1. The van der Waals surface area contributed by atoms with Crippen LogP contribution in [0, 0.1) is 11.8 Å². The molecule has 1 rings (SSSR count). The number of amides is 1. The Balaban J connectivity index is 2.73. The summed E-state index contributed by atoms with van der Waals surface area (Å²) in [6, 6.07) is 3.69. The maximum Gasteiger partial charge on any atom is 0.263 e. The number of hydrogen-bond acceptors (Lipinski definition) is 3. The van der Waals surface area contributed by atoms with Crippen LogP contribution in [0.2, 0.25) is 0 Å². The van der Waals surface area contributed by atoms with Crippen molar-refractivity contribution >= 4 is 17.2 Å².